The van der Waals surface area contributed by atoms with Crippen molar-refractivity contribution in [2.24, 2.45) is 5.92 Å². The van der Waals surface area contributed by atoms with Crippen LogP contribution in [0.4, 0.5) is 4.39 Å². The van der Waals surface area contributed by atoms with E-state index in [1.165, 1.54) is 12.1 Å². The van der Waals surface area contributed by atoms with Crippen molar-refractivity contribution in [3.05, 3.63) is 131 Å². The van der Waals surface area contributed by atoms with Crippen LogP contribution >= 0.6 is 0 Å². The van der Waals surface area contributed by atoms with Gasteiger partial charge in [-0.1, -0.05) is 79.4 Å². The minimum absolute atomic E-state index is 0.0255. The number of carbonyl (C=O) groups excluding carboxylic acids is 2. The van der Waals surface area contributed by atoms with Crippen molar-refractivity contribution in [3.63, 3.8) is 0 Å². The molecule has 3 unspecified atom stereocenters. The van der Waals surface area contributed by atoms with Crippen LogP contribution in [0.15, 0.2) is 108 Å². The molecule has 0 bridgehead atoms. The Labute approximate surface area is 204 Å². The molecule has 5 heteroatoms. The Balaban J connectivity index is 1.51. The highest BCUT2D eigenvalue weighted by Crippen LogP contribution is 2.47. The van der Waals surface area contributed by atoms with Gasteiger partial charge in [0.15, 0.2) is 5.78 Å². The Morgan fingerprint density at radius 3 is 2.34 bits per heavy atom. The second-order valence-electron chi connectivity index (χ2n) is 9.09. The molecule has 2 aliphatic rings. The van der Waals surface area contributed by atoms with Crippen LogP contribution < -0.4 is 5.32 Å². The third kappa shape index (κ3) is 4.67. The first kappa shape index (κ1) is 22.8. The molecule has 1 heterocycles. The number of benzene rings is 3. The number of esters is 1. The third-order valence-electron chi connectivity index (χ3n) is 6.80. The normalized spacial score (nSPS) is 21.8. The Bertz CT molecular complexity index is 1300. The van der Waals surface area contributed by atoms with E-state index in [1.807, 2.05) is 60.7 Å². The molecule has 5 rings (SSSR count). The molecule has 0 aromatic heterocycles. The lowest BCUT2D eigenvalue weighted by Crippen LogP contribution is -2.42. The van der Waals surface area contributed by atoms with E-state index in [2.05, 4.69) is 11.9 Å². The first-order valence-corrected chi connectivity index (χ1v) is 11.7. The van der Waals surface area contributed by atoms with E-state index < -0.39 is 23.6 Å². The van der Waals surface area contributed by atoms with Crippen LogP contribution in [0.3, 0.4) is 0 Å². The van der Waals surface area contributed by atoms with Gasteiger partial charge >= 0.3 is 5.97 Å². The van der Waals surface area contributed by atoms with Gasteiger partial charge in [-0.25, -0.2) is 4.39 Å². The summed E-state index contributed by atoms with van der Waals surface area (Å²) >= 11 is 0. The predicted octanol–water partition coefficient (Wildman–Crippen LogP) is 5.79. The molecule has 0 radical (unpaired) electrons. The lowest BCUT2D eigenvalue weighted by molar-refractivity contribution is -0.149. The molecule has 35 heavy (non-hydrogen) atoms. The van der Waals surface area contributed by atoms with Crippen LogP contribution in [-0.4, -0.2) is 11.8 Å². The second-order valence-corrected chi connectivity index (χ2v) is 9.09. The zero-order valence-corrected chi connectivity index (χ0v) is 19.2. The van der Waals surface area contributed by atoms with Crippen LogP contribution in [-0.2, 0) is 20.9 Å². The molecule has 0 spiro atoms. The summed E-state index contributed by atoms with van der Waals surface area (Å²) in [7, 11) is 0. The Morgan fingerprint density at radius 1 is 0.943 bits per heavy atom. The van der Waals surface area contributed by atoms with Crippen LogP contribution in [0.25, 0.3) is 0 Å². The molecule has 3 atom stereocenters. The van der Waals surface area contributed by atoms with Crippen LogP contribution in [0, 0.1) is 11.7 Å². The summed E-state index contributed by atoms with van der Waals surface area (Å²) in [5.74, 6) is -2.45. The van der Waals surface area contributed by atoms with Gasteiger partial charge in [0.25, 0.3) is 0 Å². The summed E-state index contributed by atoms with van der Waals surface area (Å²) in [5.41, 5.74) is 4.24. The maximum atomic E-state index is 14.3. The van der Waals surface area contributed by atoms with Crippen LogP contribution in [0.1, 0.15) is 41.4 Å². The number of halogens is 1. The Morgan fingerprint density at radius 2 is 1.63 bits per heavy atom. The topological polar surface area (TPSA) is 55.4 Å². The van der Waals surface area contributed by atoms with Gasteiger partial charge in [0.05, 0.1) is 0 Å². The number of Topliss-reactive ketones (excluding diaryl/α,β-unsaturated/α-hetero) is 1. The zero-order chi connectivity index (χ0) is 24.4. The fourth-order valence-corrected chi connectivity index (χ4v) is 5.17. The molecule has 3 aromatic rings. The van der Waals surface area contributed by atoms with E-state index >= 15 is 0 Å². The summed E-state index contributed by atoms with van der Waals surface area (Å²) in [6.07, 6.45) is 0.941. The molecule has 1 aliphatic carbocycles. The number of nitrogens with one attached hydrogen (secondary N) is 1. The van der Waals surface area contributed by atoms with E-state index in [1.54, 1.807) is 12.1 Å². The van der Waals surface area contributed by atoms with Gasteiger partial charge in [-0.2, -0.15) is 0 Å². The number of ketones is 1. The van der Waals surface area contributed by atoms with Crippen molar-refractivity contribution < 1.29 is 18.7 Å². The molecular formula is C30H26FNO3. The summed E-state index contributed by atoms with van der Waals surface area (Å²) in [4.78, 5) is 26.9. The Hall–Kier alpha value is -3.99. The SMILES string of the molecule is C=C1NC2=C(C(=O)CC(c3ccccc3)C2)C(c2cccc(F)c2)C1C(=O)OCc1ccccc1. The minimum Gasteiger partial charge on any atom is -0.460 e. The zero-order valence-electron chi connectivity index (χ0n) is 19.2. The van der Waals surface area contributed by atoms with Gasteiger partial charge in [0.1, 0.15) is 18.3 Å². The molecule has 3 aromatic carbocycles. The van der Waals surface area contributed by atoms with E-state index in [0.717, 1.165) is 16.8 Å². The molecule has 0 fully saturated rings. The number of ether oxygens (including phenoxy) is 1. The maximum Gasteiger partial charge on any atom is 0.316 e. The summed E-state index contributed by atoms with van der Waals surface area (Å²) < 4.78 is 19.9. The van der Waals surface area contributed by atoms with Crippen LogP contribution in [0.5, 0.6) is 0 Å². The van der Waals surface area contributed by atoms with Gasteiger partial charge in [0, 0.05) is 29.3 Å². The maximum absolute atomic E-state index is 14.3. The lowest BCUT2D eigenvalue weighted by atomic mass is 9.69. The van der Waals surface area contributed by atoms with Crippen molar-refractivity contribution in [2.45, 2.75) is 31.3 Å². The third-order valence-corrected chi connectivity index (χ3v) is 6.80. The first-order chi connectivity index (χ1) is 17.0. The molecular weight excluding hydrogens is 441 g/mol. The fraction of sp³-hybridized carbons (Fsp3) is 0.200. The summed E-state index contributed by atoms with van der Waals surface area (Å²) in [5, 5.41) is 3.26. The average Bonchev–Trinajstić information content (AvgIpc) is 2.87. The highest BCUT2D eigenvalue weighted by molar-refractivity contribution is 6.01. The summed E-state index contributed by atoms with van der Waals surface area (Å²) in [6.45, 7) is 4.24. The van der Waals surface area contributed by atoms with Gasteiger partial charge in [-0.05, 0) is 41.2 Å². The highest BCUT2D eigenvalue weighted by atomic mass is 19.1. The van der Waals surface area contributed by atoms with Crippen molar-refractivity contribution in [2.75, 3.05) is 0 Å². The van der Waals surface area contributed by atoms with Crippen molar-refractivity contribution in [3.8, 4) is 0 Å². The molecule has 4 nitrogen and oxygen atoms in total. The molecule has 176 valence electrons. The fourth-order valence-electron chi connectivity index (χ4n) is 5.17. The van der Waals surface area contributed by atoms with Gasteiger partial charge in [-0.15, -0.1) is 0 Å². The molecule has 0 saturated carbocycles. The lowest BCUT2D eigenvalue weighted by Gasteiger charge is -2.40. The largest absolute Gasteiger partial charge is 0.460 e. The van der Waals surface area contributed by atoms with Crippen molar-refractivity contribution in [1.29, 1.82) is 0 Å². The molecule has 0 saturated heterocycles. The number of carbonyl (C=O) groups is 2. The molecule has 1 aliphatic heterocycles. The van der Waals surface area contributed by atoms with E-state index in [0.29, 0.717) is 29.7 Å². The minimum atomic E-state index is -0.850. The van der Waals surface area contributed by atoms with Crippen molar-refractivity contribution in [1.82, 2.24) is 5.32 Å². The molecule has 0 amide bonds. The van der Waals surface area contributed by atoms with Gasteiger partial charge < -0.3 is 10.1 Å². The summed E-state index contributed by atoms with van der Waals surface area (Å²) in [6, 6.07) is 25.4. The highest BCUT2D eigenvalue weighted by Gasteiger charge is 2.45. The quantitative estimate of drug-likeness (QED) is 0.483. The van der Waals surface area contributed by atoms with Crippen molar-refractivity contribution >= 4 is 11.8 Å². The average molecular weight is 468 g/mol. The Kier molecular flexibility index (Phi) is 6.32. The van der Waals surface area contributed by atoms with Crippen LogP contribution in [0.2, 0.25) is 0 Å². The van der Waals surface area contributed by atoms with E-state index in [4.69, 9.17) is 4.74 Å². The van der Waals surface area contributed by atoms with E-state index in [-0.39, 0.29) is 18.3 Å². The number of allylic oxidation sites excluding steroid dienone is 2. The number of hydrogen-bond acceptors (Lipinski definition) is 4. The predicted molar refractivity (Wildman–Crippen MR) is 132 cm³/mol. The smallest absolute Gasteiger partial charge is 0.316 e. The number of hydrogen-bond donors (Lipinski definition) is 1. The van der Waals surface area contributed by atoms with Gasteiger partial charge in [-0.3, -0.25) is 9.59 Å². The molecule has 1 N–H and O–H groups in total. The van der Waals surface area contributed by atoms with E-state index in [9.17, 15) is 14.0 Å². The second kappa shape index (κ2) is 9.71. The standard InChI is InChI=1S/C30H26FNO3/c1-19-27(30(34)35-18-20-9-4-2-5-10-20)28(22-13-8-14-24(31)15-22)29-25(32-19)16-23(17-26(29)33)21-11-6-3-7-12-21/h2-15,23,27-28,32H,1,16-18H2. The first-order valence-electron chi connectivity index (χ1n) is 11.7. The van der Waals surface area contributed by atoms with Gasteiger partial charge in [0.2, 0.25) is 0 Å². The monoisotopic (exact) mass is 467 g/mol. The number of rotatable bonds is 5.